The third-order valence-corrected chi connectivity index (χ3v) is 2.49. The Bertz CT molecular complexity index is 129. The molecule has 13 heavy (non-hydrogen) atoms. The number of hydrogen-bond donors (Lipinski definition) is 1. The van der Waals surface area contributed by atoms with Gasteiger partial charge in [0.1, 0.15) is 0 Å². The van der Waals surface area contributed by atoms with Gasteiger partial charge in [0.05, 0.1) is 6.10 Å². The van der Waals surface area contributed by atoms with E-state index in [4.69, 9.17) is 0 Å². The van der Waals surface area contributed by atoms with E-state index in [1.807, 2.05) is 13.0 Å². The molecule has 1 N–H and O–H groups in total. The lowest BCUT2D eigenvalue weighted by Crippen LogP contribution is -2.19. The third kappa shape index (κ3) is 5.87. The highest BCUT2D eigenvalue weighted by molar-refractivity contribution is 4.84. The summed E-state index contributed by atoms with van der Waals surface area (Å²) in [6.07, 6.45) is 9.11. The van der Waals surface area contributed by atoms with Gasteiger partial charge in [-0.05, 0) is 38.5 Å². The van der Waals surface area contributed by atoms with Crippen LogP contribution in [0.4, 0.5) is 0 Å². The molecular weight excluding hydrogens is 160 g/mol. The number of aliphatic hydroxyl groups excluding tert-OH is 1. The van der Waals surface area contributed by atoms with Crippen LogP contribution in [-0.4, -0.2) is 11.2 Å². The lowest BCUT2D eigenvalue weighted by Gasteiger charge is -2.20. The largest absolute Gasteiger partial charge is 0.393 e. The maximum Gasteiger partial charge on any atom is 0.0565 e. The summed E-state index contributed by atoms with van der Waals surface area (Å²) in [6.45, 7) is 7.87. The summed E-state index contributed by atoms with van der Waals surface area (Å²) in [5.74, 6) is 0.478. The van der Waals surface area contributed by atoms with Gasteiger partial charge < -0.3 is 5.11 Å². The zero-order chi connectivity index (χ0) is 10.1. The molecule has 0 spiro atoms. The summed E-state index contributed by atoms with van der Waals surface area (Å²) in [5, 5.41) is 9.71. The summed E-state index contributed by atoms with van der Waals surface area (Å²) < 4.78 is 0. The van der Waals surface area contributed by atoms with Gasteiger partial charge in [0.15, 0.2) is 0 Å². The normalized spacial score (nSPS) is 16.3. The van der Waals surface area contributed by atoms with E-state index < -0.39 is 0 Å². The molecule has 0 aliphatic carbocycles. The molecule has 1 radical (unpaired) electrons. The molecule has 0 aromatic heterocycles. The van der Waals surface area contributed by atoms with Gasteiger partial charge >= 0.3 is 0 Å². The van der Waals surface area contributed by atoms with E-state index in [1.54, 1.807) is 0 Å². The molecule has 0 saturated heterocycles. The molecule has 77 valence electrons. The monoisotopic (exact) mass is 183 g/mol. The van der Waals surface area contributed by atoms with Crippen LogP contribution < -0.4 is 0 Å². The fourth-order valence-electron chi connectivity index (χ4n) is 1.66. The van der Waals surface area contributed by atoms with E-state index in [0.29, 0.717) is 5.92 Å². The lowest BCUT2D eigenvalue weighted by atomic mass is 9.91. The highest BCUT2D eigenvalue weighted by Gasteiger charge is 2.15. The van der Waals surface area contributed by atoms with E-state index in [-0.39, 0.29) is 6.10 Å². The van der Waals surface area contributed by atoms with E-state index in [9.17, 15) is 5.11 Å². The van der Waals surface area contributed by atoms with Gasteiger partial charge in [-0.1, -0.05) is 32.4 Å². The predicted octanol–water partition coefficient (Wildman–Crippen LogP) is 3.34. The van der Waals surface area contributed by atoms with Gasteiger partial charge in [-0.3, -0.25) is 0 Å². The predicted molar refractivity (Wildman–Crippen MR) is 58.4 cm³/mol. The number of aliphatic hydroxyl groups is 1. The third-order valence-electron chi connectivity index (χ3n) is 2.49. The standard InChI is InChI=1S/C12H23O/c1-4-7-8-10-11(9-5-2)12(13)6-3/h4,7,11-13H,1,5-6,8-10H2,2-3H3. The van der Waals surface area contributed by atoms with Crippen molar-refractivity contribution >= 4 is 0 Å². The Kier molecular flexibility index (Phi) is 8.11. The van der Waals surface area contributed by atoms with E-state index in [1.165, 1.54) is 0 Å². The quantitative estimate of drug-likeness (QED) is 0.642. The van der Waals surface area contributed by atoms with Crippen molar-refractivity contribution in [3.05, 3.63) is 19.1 Å². The van der Waals surface area contributed by atoms with Crippen LogP contribution in [0.15, 0.2) is 12.2 Å². The highest BCUT2D eigenvalue weighted by Crippen LogP contribution is 2.20. The first-order chi connectivity index (χ1) is 6.26. The van der Waals surface area contributed by atoms with Crippen LogP contribution in [0.3, 0.4) is 0 Å². The molecule has 0 aromatic carbocycles. The van der Waals surface area contributed by atoms with Crippen LogP contribution >= 0.6 is 0 Å². The van der Waals surface area contributed by atoms with Crippen LogP contribution in [0.1, 0.15) is 46.0 Å². The number of allylic oxidation sites excluding steroid dienone is 2. The minimum absolute atomic E-state index is 0.113. The van der Waals surface area contributed by atoms with Crippen LogP contribution in [-0.2, 0) is 0 Å². The summed E-state index contributed by atoms with van der Waals surface area (Å²) in [4.78, 5) is 0. The van der Waals surface area contributed by atoms with Gasteiger partial charge in [0.2, 0.25) is 0 Å². The minimum atomic E-state index is -0.113. The molecule has 1 heteroatoms. The van der Waals surface area contributed by atoms with Crippen LogP contribution in [0.25, 0.3) is 0 Å². The minimum Gasteiger partial charge on any atom is -0.393 e. The molecule has 0 bridgehead atoms. The summed E-state index contributed by atoms with van der Waals surface area (Å²) in [5.41, 5.74) is 0. The Morgan fingerprint density at radius 2 is 2.00 bits per heavy atom. The molecule has 0 heterocycles. The van der Waals surface area contributed by atoms with Crippen molar-refractivity contribution in [3.63, 3.8) is 0 Å². The Balaban J connectivity index is 3.78. The molecule has 0 amide bonds. The molecule has 2 unspecified atom stereocenters. The maximum absolute atomic E-state index is 9.71. The van der Waals surface area contributed by atoms with Crippen molar-refractivity contribution in [3.8, 4) is 0 Å². The Morgan fingerprint density at radius 3 is 2.46 bits per heavy atom. The smallest absolute Gasteiger partial charge is 0.0565 e. The topological polar surface area (TPSA) is 20.2 Å². The molecule has 0 aliphatic heterocycles. The zero-order valence-electron chi connectivity index (χ0n) is 9.00. The first-order valence-electron chi connectivity index (χ1n) is 5.38. The summed E-state index contributed by atoms with van der Waals surface area (Å²) in [7, 11) is 0. The van der Waals surface area contributed by atoms with Gasteiger partial charge in [-0.2, -0.15) is 0 Å². The molecule has 1 nitrogen and oxygen atoms in total. The van der Waals surface area contributed by atoms with Crippen LogP contribution in [0.2, 0.25) is 0 Å². The first kappa shape index (κ1) is 12.7. The van der Waals surface area contributed by atoms with Gasteiger partial charge in [0, 0.05) is 0 Å². The second kappa shape index (κ2) is 8.31. The SMILES string of the molecule is [CH2]C=CCCC(CCC)C(O)CC. The Labute approximate surface area is 82.9 Å². The Morgan fingerprint density at radius 1 is 1.31 bits per heavy atom. The maximum atomic E-state index is 9.71. The van der Waals surface area contributed by atoms with Gasteiger partial charge in [-0.15, -0.1) is 0 Å². The molecule has 2 atom stereocenters. The molecule has 0 saturated carbocycles. The lowest BCUT2D eigenvalue weighted by molar-refractivity contribution is 0.0936. The number of hydrogen-bond acceptors (Lipinski definition) is 1. The van der Waals surface area contributed by atoms with Gasteiger partial charge in [0.25, 0.3) is 0 Å². The molecule has 0 rings (SSSR count). The van der Waals surface area contributed by atoms with Crippen molar-refractivity contribution in [2.45, 2.75) is 52.1 Å². The van der Waals surface area contributed by atoms with Crippen LogP contribution in [0.5, 0.6) is 0 Å². The summed E-state index contributed by atoms with van der Waals surface area (Å²) >= 11 is 0. The van der Waals surface area contributed by atoms with Gasteiger partial charge in [-0.25, -0.2) is 0 Å². The molecule has 0 aliphatic rings. The summed E-state index contributed by atoms with van der Waals surface area (Å²) in [6, 6.07) is 0. The van der Waals surface area contributed by atoms with Crippen molar-refractivity contribution < 1.29 is 5.11 Å². The molecular formula is C12H23O. The second-order valence-corrected chi connectivity index (χ2v) is 3.57. The van der Waals surface area contributed by atoms with Crippen molar-refractivity contribution in [2.75, 3.05) is 0 Å². The van der Waals surface area contributed by atoms with Crippen molar-refractivity contribution in [2.24, 2.45) is 5.92 Å². The van der Waals surface area contributed by atoms with E-state index >= 15 is 0 Å². The van der Waals surface area contributed by atoms with E-state index in [2.05, 4.69) is 19.9 Å². The molecule has 0 fully saturated rings. The fourth-order valence-corrected chi connectivity index (χ4v) is 1.66. The molecule has 0 aromatic rings. The fraction of sp³-hybridized carbons (Fsp3) is 0.750. The van der Waals surface area contributed by atoms with Crippen molar-refractivity contribution in [1.29, 1.82) is 0 Å². The first-order valence-corrected chi connectivity index (χ1v) is 5.38. The van der Waals surface area contributed by atoms with Crippen molar-refractivity contribution in [1.82, 2.24) is 0 Å². The average molecular weight is 183 g/mol. The second-order valence-electron chi connectivity index (χ2n) is 3.57. The zero-order valence-corrected chi connectivity index (χ0v) is 9.00. The highest BCUT2D eigenvalue weighted by atomic mass is 16.3. The number of rotatable bonds is 7. The average Bonchev–Trinajstić information content (AvgIpc) is 2.16. The Hall–Kier alpha value is -0.300. The van der Waals surface area contributed by atoms with Crippen LogP contribution in [0, 0.1) is 12.8 Å². The van der Waals surface area contributed by atoms with E-state index in [0.717, 1.165) is 32.1 Å².